The molecule has 6 heteroatoms. The van der Waals surface area contributed by atoms with Crippen molar-refractivity contribution in [2.45, 2.75) is 46.5 Å². The average Bonchev–Trinajstić information content (AvgIpc) is 2.73. The minimum atomic E-state index is -1.34. The number of methoxy groups -OCH3 is 1. The molecule has 0 fully saturated rings. The Hall–Kier alpha value is -1.43. The highest BCUT2D eigenvalue weighted by Crippen LogP contribution is 2.26. The van der Waals surface area contributed by atoms with Gasteiger partial charge in [-0.3, -0.25) is 4.79 Å². The van der Waals surface area contributed by atoms with E-state index >= 15 is 0 Å². The van der Waals surface area contributed by atoms with E-state index in [2.05, 4.69) is 10.5 Å². The van der Waals surface area contributed by atoms with Gasteiger partial charge < -0.3 is 14.6 Å². The van der Waals surface area contributed by atoms with Crippen molar-refractivity contribution in [1.82, 2.24) is 10.5 Å². The molecule has 1 rings (SSSR count). The van der Waals surface area contributed by atoms with Crippen molar-refractivity contribution < 1.29 is 18.4 Å². The van der Waals surface area contributed by atoms with Crippen LogP contribution in [0, 0.1) is 5.92 Å². The van der Waals surface area contributed by atoms with Crippen LogP contribution in [0.3, 0.4) is 0 Å². The molecule has 0 bridgehead atoms. The SMILES string of the molecule is COCc1onc(C(=O)NC(C)C(C)C)c1C(C)F. The quantitative estimate of drug-likeness (QED) is 0.864. The lowest BCUT2D eigenvalue weighted by atomic mass is 10.1. The summed E-state index contributed by atoms with van der Waals surface area (Å²) in [6.45, 7) is 7.29. The zero-order valence-electron chi connectivity index (χ0n) is 12.0. The Morgan fingerprint density at radius 1 is 1.42 bits per heavy atom. The highest BCUT2D eigenvalue weighted by atomic mass is 19.1. The molecule has 108 valence electrons. The first-order chi connectivity index (χ1) is 8.88. The molecule has 1 amide bonds. The maximum absolute atomic E-state index is 13.6. The number of aromatic nitrogens is 1. The number of amides is 1. The fourth-order valence-electron chi connectivity index (χ4n) is 1.58. The lowest BCUT2D eigenvalue weighted by Gasteiger charge is -2.16. The van der Waals surface area contributed by atoms with E-state index in [1.165, 1.54) is 14.0 Å². The average molecular weight is 272 g/mol. The number of rotatable bonds is 6. The highest BCUT2D eigenvalue weighted by Gasteiger charge is 2.27. The standard InChI is InChI=1S/C13H21FN2O3/c1-7(2)9(4)15-13(17)12-11(8(3)14)10(6-18-5)19-16-12/h7-9H,6H2,1-5H3,(H,15,17). The normalized spacial score (nSPS) is 14.5. The fraction of sp³-hybridized carbons (Fsp3) is 0.692. The number of hydrogen-bond acceptors (Lipinski definition) is 4. The summed E-state index contributed by atoms with van der Waals surface area (Å²) in [4.78, 5) is 12.1. The smallest absolute Gasteiger partial charge is 0.274 e. The molecule has 1 aromatic rings. The van der Waals surface area contributed by atoms with Gasteiger partial charge in [-0.15, -0.1) is 0 Å². The van der Waals surface area contributed by atoms with Gasteiger partial charge in [-0.05, 0) is 19.8 Å². The molecule has 0 radical (unpaired) electrons. The van der Waals surface area contributed by atoms with Gasteiger partial charge in [0.2, 0.25) is 0 Å². The molecule has 19 heavy (non-hydrogen) atoms. The third-order valence-corrected chi connectivity index (χ3v) is 3.05. The molecular weight excluding hydrogens is 251 g/mol. The number of nitrogens with one attached hydrogen (secondary N) is 1. The third-order valence-electron chi connectivity index (χ3n) is 3.05. The summed E-state index contributed by atoms with van der Waals surface area (Å²) in [7, 11) is 1.47. The lowest BCUT2D eigenvalue weighted by Crippen LogP contribution is -2.36. The number of halogens is 1. The van der Waals surface area contributed by atoms with Gasteiger partial charge in [-0.25, -0.2) is 4.39 Å². The molecule has 0 saturated heterocycles. The Labute approximate surface area is 112 Å². The summed E-state index contributed by atoms with van der Waals surface area (Å²) < 4.78 is 23.5. The summed E-state index contributed by atoms with van der Waals surface area (Å²) in [6.07, 6.45) is -1.34. The molecule has 0 aromatic carbocycles. The Bertz CT molecular complexity index is 430. The van der Waals surface area contributed by atoms with Gasteiger partial charge >= 0.3 is 0 Å². The number of alkyl halides is 1. The Balaban J connectivity index is 2.96. The van der Waals surface area contributed by atoms with Gasteiger partial charge in [0.25, 0.3) is 5.91 Å². The molecule has 1 N–H and O–H groups in total. The van der Waals surface area contributed by atoms with Crippen LogP contribution in [0.5, 0.6) is 0 Å². The van der Waals surface area contributed by atoms with Crippen LogP contribution in [0.4, 0.5) is 4.39 Å². The van der Waals surface area contributed by atoms with E-state index in [0.717, 1.165) is 0 Å². The number of hydrogen-bond donors (Lipinski definition) is 1. The van der Waals surface area contributed by atoms with E-state index in [-0.39, 0.29) is 35.6 Å². The van der Waals surface area contributed by atoms with Crippen LogP contribution in [0.25, 0.3) is 0 Å². The first kappa shape index (κ1) is 15.6. The van der Waals surface area contributed by atoms with E-state index < -0.39 is 12.1 Å². The Morgan fingerprint density at radius 3 is 2.53 bits per heavy atom. The summed E-state index contributed by atoms with van der Waals surface area (Å²) in [6, 6.07) is -0.0298. The fourth-order valence-corrected chi connectivity index (χ4v) is 1.58. The molecule has 0 saturated carbocycles. The van der Waals surface area contributed by atoms with Crippen LogP contribution < -0.4 is 5.32 Å². The molecule has 5 nitrogen and oxygen atoms in total. The minimum Gasteiger partial charge on any atom is -0.377 e. The van der Waals surface area contributed by atoms with Crippen LogP contribution >= 0.6 is 0 Å². The molecule has 1 heterocycles. The van der Waals surface area contributed by atoms with E-state index in [1.54, 1.807) is 0 Å². The van der Waals surface area contributed by atoms with Crippen molar-refractivity contribution in [3.05, 3.63) is 17.0 Å². The van der Waals surface area contributed by atoms with E-state index in [4.69, 9.17) is 9.26 Å². The number of nitrogens with zero attached hydrogens (tertiary/aromatic N) is 1. The van der Waals surface area contributed by atoms with Gasteiger partial charge in [-0.1, -0.05) is 19.0 Å². The molecule has 0 aliphatic rings. The van der Waals surface area contributed by atoms with Crippen LogP contribution in [0.1, 0.15) is 55.7 Å². The minimum absolute atomic E-state index is 0.00505. The summed E-state index contributed by atoms with van der Waals surface area (Å²) in [5.41, 5.74) is 0.157. The van der Waals surface area contributed by atoms with Crippen molar-refractivity contribution in [3.63, 3.8) is 0 Å². The third kappa shape index (κ3) is 3.76. The first-order valence-electron chi connectivity index (χ1n) is 6.30. The van der Waals surface area contributed by atoms with Crippen LogP contribution in [0.2, 0.25) is 0 Å². The van der Waals surface area contributed by atoms with Crippen molar-refractivity contribution in [3.8, 4) is 0 Å². The molecule has 2 atom stereocenters. The Morgan fingerprint density at radius 2 is 2.05 bits per heavy atom. The van der Waals surface area contributed by atoms with Crippen molar-refractivity contribution >= 4 is 5.91 Å². The number of ether oxygens (including phenoxy) is 1. The second-order valence-electron chi connectivity index (χ2n) is 4.92. The Kier molecular flexibility index (Phi) is 5.47. The lowest BCUT2D eigenvalue weighted by molar-refractivity contribution is 0.0918. The van der Waals surface area contributed by atoms with E-state index in [0.29, 0.717) is 0 Å². The highest BCUT2D eigenvalue weighted by molar-refractivity contribution is 5.94. The molecular formula is C13H21FN2O3. The number of carbonyl (C=O) groups excluding carboxylic acids is 1. The van der Waals surface area contributed by atoms with E-state index in [9.17, 15) is 9.18 Å². The van der Waals surface area contributed by atoms with Crippen LogP contribution in [-0.2, 0) is 11.3 Å². The summed E-state index contributed by atoms with van der Waals surface area (Å²) >= 11 is 0. The predicted octanol–water partition coefficient (Wildman–Crippen LogP) is 2.63. The van der Waals surface area contributed by atoms with Crippen LogP contribution in [0.15, 0.2) is 4.52 Å². The second kappa shape index (κ2) is 6.65. The zero-order valence-corrected chi connectivity index (χ0v) is 12.0. The molecule has 0 spiro atoms. The molecule has 1 aromatic heterocycles. The summed E-state index contributed by atoms with van der Waals surface area (Å²) in [5, 5.41) is 6.44. The number of carbonyl (C=O) groups is 1. The van der Waals surface area contributed by atoms with Gasteiger partial charge in [0.05, 0.1) is 5.56 Å². The van der Waals surface area contributed by atoms with Gasteiger partial charge in [0.1, 0.15) is 12.8 Å². The van der Waals surface area contributed by atoms with Gasteiger partial charge in [0, 0.05) is 13.2 Å². The largest absolute Gasteiger partial charge is 0.377 e. The van der Waals surface area contributed by atoms with Crippen molar-refractivity contribution in [1.29, 1.82) is 0 Å². The van der Waals surface area contributed by atoms with E-state index in [1.807, 2.05) is 20.8 Å². The van der Waals surface area contributed by atoms with Crippen molar-refractivity contribution in [2.24, 2.45) is 5.92 Å². The van der Waals surface area contributed by atoms with Crippen molar-refractivity contribution in [2.75, 3.05) is 7.11 Å². The van der Waals surface area contributed by atoms with Crippen LogP contribution in [-0.4, -0.2) is 24.2 Å². The van der Waals surface area contributed by atoms with Gasteiger partial charge in [-0.2, -0.15) is 0 Å². The topological polar surface area (TPSA) is 64.4 Å². The molecule has 0 aliphatic heterocycles. The predicted molar refractivity (Wildman–Crippen MR) is 68.5 cm³/mol. The monoisotopic (exact) mass is 272 g/mol. The van der Waals surface area contributed by atoms with Gasteiger partial charge in [0.15, 0.2) is 11.5 Å². The molecule has 0 aliphatic carbocycles. The second-order valence-corrected chi connectivity index (χ2v) is 4.92. The maximum atomic E-state index is 13.6. The first-order valence-corrected chi connectivity index (χ1v) is 6.30. The molecule has 2 unspecified atom stereocenters. The zero-order chi connectivity index (χ0) is 14.6. The summed E-state index contributed by atoms with van der Waals surface area (Å²) in [5.74, 6) is 0.104. The maximum Gasteiger partial charge on any atom is 0.274 e.